The average Bonchev–Trinajstić information content (AvgIpc) is 4.27. The first-order valence-corrected chi connectivity index (χ1v) is 17.7. The number of benzene rings is 9. The summed E-state index contributed by atoms with van der Waals surface area (Å²) in [5.74, 6) is 0. The molecule has 3 heteroatoms. The largest absolute Gasteiger partial charge is 0.454 e. The summed E-state index contributed by atoms with van der Waals surface area (Å²) in [7, 11) is 0. The zero-order valence-corrected chi connectivity index (χ0v) is 29.2. The van der Waals surface area contributed by atoms with Crippen LogP contribution in [0.15, 0.2) is 210 Å². The molecule has 0 saturated carbocycles. The van der Waals surface area contributed by atoms with E-state index in [4.69, 9.17) is 22.2 Å². The van der Waals surface area contributed by atoms with Crippen LogP contribution in [0.25, 0.3) is 110 Å². The second kappa shape index (κ2) is 12.5. The maximum absolute atomic E-state index is 10.0. The molecule has 0 unspecified atom stereocenters. The molecule has 0 aliphatic carbocycles. The van der Waals surface area contributed by atoms with E-state index in [0.29, 0.717) is 11.3 Å². The Morgan fingerprint density at radius 1 is 0.404 bits per heavy atom. The second-order valence-electron chi connectivity index (χ2n) is 13.2. The van der Waals surface area contributed by atoms with Gasteiger partial charge in [-0.3, -0.25) is 0 Å². The van der Waals surface area contributed by atoms with Gasteiger partial charge in [0.05, 0.1) is 57.9 Å². The van der Waals surface area contributed by atoms with Crippen LogP contribution >= 0.6 is 0 Å². The highest BCUT2D eigenvalue weighted by Crippen LogP contribution is 2.42. The molecule has 0 atom stereocenters. The van der Waals surface area contributed by atoms with Gasteiger partial charge in [-0.05, 0) is 93.9 Å². The molecule has 0 aliphatic rings. The molecule has 12 aromatic rings. The third-order valence-electron chi connectivity index (χ3n) is 10.1. The summed E-state index contributed by atoms with van der Waals surface area (Å²) in [6.07, 6.45) is 0. The van der Waals surface area contributed by atoms with Crippen molar-refractivity contribution in [1.29, 1.82) is 0 Å². The fourth-order valence-electron chi connectivity index (χ4n) is 7.62. The van der Waals surface area contributed by atoms with E-state index in [1.165, 1.54) is 21.3 Å². The number of para-hydroxylation sites is 3. The van der Waals surface area contributed by atoms with Gasteiger partial charge in [0.2, 0.25) is 0 Å². The van der Waals surface area contributed by atoms with Crippen LogP contribution < -0.4 is 0 Å². The van der Waals surface area contributed by atoms with Gasteiger partial charge in [-0.1, -0.05) is 145 Å². The Labute approximate surface area is 359 Å². The summed E-state index contributed by atoms with van der Waals surface area (Å²) in [4.78, 5) is 0. The molecule has 3 nitrogen and oxygen atoms in total. The van der Waals surface area contributed by atoms with Crippen LogP contribution in [-0.2, 0) is 0 Å². The third-order valence-corrected chi connectivity index (χ3v) is 10.1. The van der Waals surface area contributed by atoms with Gasteiger partial charge in [0.25, 0.3) is 0 Å². The summed E-state index contributed by atoms with van der Waals surface area (Å²) in [6, 6.07) is 5.33. The molecular formula is C54H34N2O. The maximum atomic E-state index is 10.0. The summed E-state index contributed by atoms with van der Waals surface area (Å²) < 4.78 is 209. The number of fused-ring (bicyclic) bond motifs is 9. The highest BCUT2D eigenvalue weighted by atomic mass is 16.3. The molecule has 0 spiro atoms. The highest BCUT2D eigenvalue weighted by Gasteiger charge is 2.20. The molecule has 9 aromatic carbocycles. The lowest BCUT2D eigenvalue weighted by molar-refractivity contribution is 0.666. The normalized spacial score (nSPS) is 17.3. The van der Waals surface area contributed by atoms with E-state index in [9.17, 15) is 12.3 Å². The van der Waals surface area contributed by atoms with E-state index in [2.05, 4.69) is 0 Å². The number of hydrogen-bond acceptors (Lipinski definition) is 1. The number of aromatic nitrogens is 2. The lowest BCUT2D eigenvalue weighted by Gasteiger charge is -2.11. The first-order valence-electron chi connectivity index (χ1n) is 28.7. The van der Waals surface area contributed by atoms with Crippen molar-refractivity contribution in [1.82, 2.24) is 9.13 Å². The summed E-state index contributed by atoms with van der Waals surface area (Å²) in [5, 5.41) is -1.26. The molecule has 3 heterocycles. The first-order chi connectivity index (χ1) is 37.4. The van der Waals surface area contributed by atoms with Gasteiger partial charge in [-0.2, -0.15) is 0 Å². The molecule has 266 valence electrons. The molecule has 0 radical (unpaired) electrons. The minimum Gasteiger partial charge on any atom is -0.454 e. The van der Waals surface area contributed by atoms with Gasteiger partial charge < -0.3 is 13.6 Å². The van der Waals surface area contributed by atoms with E-state index in [1.54, 1.807) is 18.2 Å². The topological polar surface area (TPSA) is 23.0 Å². The van der Waals surface area contributed by atoms with Crippen molar-refractivity contribution in [3.63, 3.8) is 0 Å². The molecule has 0 bridgehead atoms. The molecule has 0 saturated heterocycles. The van der Waals surface area contributed by atoms with Crippen molar-refractivity contribution in [2.45, 2.75) is 0 Å². The Kier molecular flexibility index (Phi) is 3.72. The Morgan fingerprint density at radius 3 is 1.93 bits per heavy atom. The van der Waals surface area contributed by atoms with Gasteiger partial charge in [-0.25, -0.2) is 0 Å². The van der Waals surface area contributed by atoms with Crippen LogP contribution in [0.1, 0.15) is 30.2 Å². The average molecular weight is 749 g/mol. The molecular weight excluding hydrogens is 693 g/mol. The number of furan rings is 1. The van der Waals surface area contributed by atoms with Crippen LogP contribution in [0.4, 0.5) is 0 Å². The van der Waals surface area contributed by atoms with Crippen LogP contribution in [-0.4, -0.2) is 9.13 Å². The van der Waals surface area contributed by atoms with Crippen LogP contribution in [0.3, 0.4) is 0 Å². The predicted octanol–water partition coefficient (Wildman–Crippen LogP) is 14.8. The first kappa shape index (κ1) is 17.0. The third kappa shape index (κ3) is 4.86. The Balaban J connectivity index is 1.21. The number of nitrogens with zero attached hydrogens (tertiary/aromatic N) is 2. The lowest BCUT2D eigenvalue weighted by Crippen LogP contribution is -1.94. The monoisotopic (exact) mass is 748 g/mol. The Morgan fingerprint density at radius 2 is 1.11 bits per heavy atom. The minimum atomic E-state index is -0.801. The van der Waals surface area contributed by atoms with Crippen molar-refractivity contribution in [2.75, 3.05) is 0 Å². The molecule has 0 fully saturated rings. The molecule has 12 rings (SSSR count). The van der Waals surface area contributed by atoms with E-state index < -0.39 is 149 Å². The molecule has 0 N–H and O–H groups in total. The fourth-order valence-corrected chi connectivity index (χ4v) is 7.62. The zero-order valence-electron chi connectivity index (χ0n) is 51.2. The molecule has 3 aromatic heterocycles. The number of rotatable bonds is 5. The van der Waals surface area contributed by atoms with Gasteiger partial charge in [-0.15, -0.1) is 0 Å². The van der Waals surface area contributed by atoms with Crippen molar-refractivity contribution in [3.05, 3.63) is 206 Å². The van der Waals surface area contributed by atoms with Gasteiger partial charge in [0.1, 0.15) is 5.58 Å². The standard InChI is InChI=1S/C54H34N2O/c1-3-14-35(15-4-1)37-18-11-19-40(32-37)55-47-24-9-7-20-42(47)45-33-38(28-30-49(45)55)39-29-31-50-46(34-39)43-21-8-10-25-48(43)56(50)51-26-12-23-44-53-41(36-16-5-2-6-17-36)22-13-27-52(53)57-54(44)51/h1-34H/i2D,5D,6D,7D,8D,9D,10D,12D,13D,16D,17D,20D,21D,22D,24D,27D,28D,29D,30D,31D,33D,34D. The highest BCUT2D eigenvalue weighted by molar-refractivity contribution is 6.17. The van der Waals surface area contributed by atoms with Gasteiger partial charge in [0, 0.05) is 38.0 Å². The Hall–Kier alpha value is -7.62. The molecule has 57 heavy (non-hydrogen) atoms. The van der Waals surface area contributed by atoms with Crippen molar-refractivity contribution >= 4 is 65.6 Å². The van der Waals surface area contributed by atoms with Crippen LogP contribution in [0.2, 0.25) is 0 Å². The van der Waals surface area contributed by atoms with Crippen molar-refractivity contribution in [3.8, 4) is 44.8 Å². The van der Waals surface area contributed by atoms with E-state index >= 15 is 0 Å². The quantitative estimate of drug-likeness (QED) is 0.172. The lowest BCUT2D eigenvalue weighted by atomic mass is 9.99. The summed E-state index contributed by atoms with van der Waals surface area (Å²) >= 11 is 0. The van der Waals surface area contributed by atoms with E-state index in [-0.39, 0.29) is 77.3 Å². The van der Waals surface area contributed by atoms with Gasteiger partial charge >= 0.3 is 0 Å². The summed E-state index contributed by atoms with van der Waals surface area (Å²) in [5.41, 5.74) is -1.77. The second-order valence-corrected chi connectivity index (χ2v) is 13.2. The SMILES string of the molecule is [2H]c1cc(-n2c3cc([2H])c([2H])c([2H])c3c3c([2H])c(-c4c([2H])c([2H])c5c(c4[2H])c4c([2H])c([2H])c([2H])c([2H])c4n5-c4cccc(-c5ccccc5)c4)c([2H])c([2H])c32)c2oc3c([2H])c([2H])c([2H])c(-c4c([2H])c([2H])c([2H])c([2H])c4[2H])c3c2c1. The predicted molar refractivity (Wildman–Crippen MR) is 239 cm³/mol. The van der Waals surface area contributed by atoms with Crippen molar-refractivity contribution < 1.29 is 34.6 Å². The fraction of sp³-hybridized carbons (Fsp3) is 0. The van der Waals surface area contributed by atoms with Crippen LogP contribution in [0.5, 0.6) is 0 Å². The Bertz CT molecular complexity index is 4780. The molecule has 0 aliphatic heterocycles. The van der Waals surface area contributed by atoms with E-state index in [0.717, 1.165) is 11.6 Å². The molecule has 0 amide bonds. The maximum Gasteiger partial charge on any atom is 0.159 e. The van der Waals surface area contributed by atoms with E-state index in [1.807, 2.05) is 36.4 Å². The smallest absolute Gasteiger partial charge is 0.159 e. The van der Waals surface area contributed by atoms with Crippen molar-refractivity contribution in [2.24, 2.45) is 0 Å². The minimum absolute atomic E-state index is 0.0798. The summed E-state index contributed by atoms with van der Waals surface area (Å²) in [6.45, 7) is 0. The van der Waals surface area contributed by atoms with Gasteiger partial charge in [0.15, 0.2) is 5.58 Å². The number of hydrogen-bond donors (Lipinski definition) is 0. The zero-order chi connectivity index (χ0) is 56.6. The van der Waals surface area contributed by atoms with Crippen LogP contribution in [0, 0.1) is 0 Å².